The first kappa shape index (κ1) is 24.6. The fourth-order valence-corrected chi connectivity index (χ4v) is 3.39. The highest BCUT2D eigenvalue weighted by atomic mass is 32.2. The Morgan fingerprint density at radius 1 is 1.12 bits per heavy atom. The van der Waals surface area contributed by atoms with Gasteiger partial charge in [-0.15, -0.1) is 13.2 Å². The highest BCUT2D eigenvalue weighted by molar-refractivity contribution is 7.81. The third kappa shape index (κ3) is 6.25. The molecule has 1 unspecified atom stereocenters. The second kappa shape index (κ2) is 10.2. The first-order valence-corrected chi connectivity index (χ1v) is 10.2. The van der Waals surface area contributed by atoms with Crippen LogP contribution in [0, 0.1) is 11.8 Å². The van der Waals surface area contributed by atoms with Crippen LogP contribution in [0.4, 0.5) is 24.5 Å². The Balaban J connectivity index is 1.95. The summed E-state index contributed by atoms with van der Waals surface area (Å²) in [5.74, 6) is 3.70. The van der Waals surface area contributed by atoms with Crippen molar-refractivity contribution in [2.75, 3.05) is 11.4 Å². The van der Waals surface area contributed by atoms with Crippen molar-refractivity contribution in [1.82, 2.24) is 4.98 Å². The van der Waals surface area contributed by atoms with E-state index in [1.807, 2.05) is 0 Å². The van der Waals surface area contributed by atoms with Gasteiger partial charge in [-0.1, -0.05) is 17.9 Å². The van der Waals surface area contributed by atoms with Crippen LogP contribution in [0.15, 0.2) is 60.9 Å². The van der Waals surface area contributed by atoms with Gasteiger partial charge in [0.25, 0.3) is 0 Å². The molecule has 176 valence electrons. The van der Waals surface area contributed by atoms with E-state index in [1.165, 1.54) is 55.9 Å². The zero-order valence-electron chi connectivity index (χ0n) is 17.2. The number of anilines is 2. The number of carbonyl (C=O) groups is 1. The topological polar surface area (TPSA) is 112 Å². The lowest BCUT2D eigenvalue weighted by Crippen LogP contribution is -2.20. The Hall–Kier alpha value is -4.08. The molecule has 0 spiro atoms. The van der Waals surface area contributed by atoms with Crippen LogP contribution in [0.5, 0.6) is 11.5 Å². The maximum atomic E-state index is 12.4. The molecule has 3 aromatic rings. The van der Waals surface area contributed by atoms with Crippen LogP contribution in [0.3, 0.4) is 0 Å². The lowest BCUT2D eigenvalue weighted by molar-refractivity contribution is -0.274. The third-order valence-electron chi connectivity index (χ3n) is 4.17. The van der Waals surface area contributed by atoms with Gasteiger partial charge in [0.05, 0.1) is 41.5 Å². The summed E-state index contributed by atoms with van der Waals surface area (Å²) < 4.78 is 71.1. The van der Waals surface area contributed by atoms with Crippen LogP contribution in [0.2, 0.25) is 0 Å². The number of hydrogen-bond donors (Lipinski definition) is 1. The average Bonchev–Trinajstić information content (AvgIpc) is 2.77. The number of methoxy groups -OCH3 is 1. The number of carboxylic acids is 1. The van der Waals surface area contributed by atoms with Crippen molar-refractivity contribution < 1.29 is 41.3 Å². The van der Waals surface area contributed by atoms with E-state index < -0.39 is 29.3 Å². The second-order valence-electron chi connectivity index (χ2n) is 6.46. The van der Waals surface area contributed by atoms with Gasteiger partial charge in [-0.05, 0) is 42.5 Å². The van der Waals surface area contributed by atoms with Crippen LogP contribution < -0.4 is 13.8 Å². The highest BCUT2D eigenvalue weighted by Crippen LogP contribution is 2.35. The largest absolute Gasteiger partial charge is 0.755 e. The van der Waals surface area contributed by atoms with Crippen LogP contribution in [-0.2, 0) is 11.3 Å². The van der Waals surface area contributed by atoms with Gasteiger partial charge < -0.3 is 19.1 Å². The van der Waals surface area contributed by atoms with Gasteiger partial charge >= 0.3 is 12.3 Å². The molecule has 0 fully saturated rings. The molecule has 12 heteroatoms. The minimum Gasteiger partial charge on any atom is -0.755 e. The van der Waals surface area contributed by atoms with E-state index in [0.717, 1.165) is 16.4 Å². The summed E-state index contributed by atoms with van der Waals surface area (Å²) >= 11 is -2.85. The second-order valence-corrected chi connectivity index (χ2v) is 7.26. The van der Waals surface area contributed by atoms with Crippen LogP contribution >= 0.6 is 0 Å². The number of benzene rings is 2. The van der Waals surface area contributed by atoms with Crippen LogP contribution in [0.25, 0.3) is 0 Å². The molecule has 1 atom stereocenters. The van der Waals surface area contributed by atoms with Gasteiger partial charge in [-0.2, -0.15) is 0 Å². The molecule has 0 aliphatic carbocycles. The third-order valence-corrected chi connectivity index (χ3v) is 4.88. The SMILES string of the molecule is COc1cc(C(=O)O)ccc1N(c1cncc(C#Cc2cccc(OC(F)(F)F)c2)c1)S(=O)[O-]. The molecule has 8 nitrogen and oxygen atoms in total. The number of ether oxygens (including phenoxy) is 2. The zero-order valence-corrected chi connectivity index (χ0v) is 18.0. The molecular formula is C22H14F3N2O6S-. The number of aromatic nitrogens is 1. The Morgan fingerprint density at radius 3 is 2.50 bits per heavy atom. The van der Waals surface area contributed by atoms with Gasteiger partial charge in [0, 0.05) is 17.3 Å². The normalized spacial score (nSPS) is 11.7. The fourth-order valence-electron chi connectivity index (χ4n) is 2.81. The summed E-state index contributed by atoms with van der Waals surface area (Å²) in [7, 11) is 1.26. The van der Waals surface area contributed by atoms with E-state index >= 15 is 0 Å². The molecule has 2 aromatic carbocycles. The van der Waals surface area contributed by atoms with E-state index in [0.29, 0.717) is 0 Å². The lowest BCUT2D eigenvalue weighted by Gasteiger charge is -2.27. The predicted octanol–water partition coefficient (Wildman–Crippen LogP) is 4.02. The molecule has 1 heterocycles. The Kier molecular flexibility index (Phi) is 7.40. The molecule has 34 heavy (non-hydrogen) atoms. The molecule has 1 aromatic heterocycles. The van der Waals surface area contributed by atoms with Crippen molar-refractivity contribution in [3.05, 3.63) is 77.6 Å². The van der Waals surface area contributed by atoms with Crippen molar-refractivity contribution >= 4 is 28.6 Å². The van der Waals surface area contributed by atoms with E-state index in [9.17, 15) is 26.7 Å². The molecule has 0 aliphatic heterocycles. The number of alkyl halides is 3. The Bertz CT molecular complexity index is 1300. The van der Waals surface area contributed by atoms with E-state index in [4.69, 9.17) is 9.84 Å². The van der Waals surface area contributed by atoms with Gasteiger partial charge in [0.15, 0.2) is 0 Å². The minimum absolute atomic E-state index is 0.0120. The van der Waals surface area contributed by atoms with E-state index in [2.05, 4.69) is 21.6 Å². The smallest absolute Gasteiger partial charge is 0.573 e. The van der Waals surface area contributed by atoms with Crippen molar-refractivity contribution in [2.45, 2.75) is 6.36 Å². The van der Waals surface area contributed by atoms with Gasteiger partial charge in [0.1, 0.15) is 11.5 Å². The fraction of sp³-hybridized carbons (Fsp3) is 0.0909. The first-order valence-electron chi connectivity index (χ1n) is 9.21. The van der Waals surface area contributed by atoms with Crippen molar-refractivity contribution in [3.8, 4) is 23.3 Å². The van der Waals surface area contributed by atoms with Crippen molar-refractivity contribution in [1.29, 1.82) is 0 Å². The average molecular weight is 491 g/mol. The first-order chi connectivity index (χ1) is 16.1. The zero-order chi connectivity index (χ0) is 24.9. The molecule has 0 amide bonds. The lowest BCUT2D eigenvalue weighted by atomic mass is 10.1. The summed E-state index contributed by atoms with van der Waals surface area (Å²) in [4.78, 5) is 15.2. The summed E-state index contributed by atoms with van der Waals surface area (Å²) in [5, 5.41) is 9.14. The summed E-state index contributed by atoms with van der Waals surface area (Å²) in [6.45, 7) is 0. The monoisotopic (exact) mass is 491 g/mol. The number of nitrogens with zero attached hydrogens (tertiary/aromatic N) is 2. The molecule has 0 saturated carbocycles. The van der Waals surface area contributed by atoms with Gasteiger partial charge in [-0.3, -0.25) is 13.5 Å². The maximum Gasteiger partial charge on any atom is 0.573 e. The number of pyridine rings is 1. The molecule has 0 saturated heterocycles. The van der Waals surface area contributed by atoms with E-state index in [1.54, 1.807) is 0 Å². The molecule has 0 aliphatic rings. The van der Waals surface area contributed by atoms with E-state index in [-0.39, 0.29) is 33.8 Å². The van der Waals surface area contributed by atoms with Gasteiger partial charge in [-0.25, -0.2) is 4.79 Å². The summed E-state index contributed by atoms with van der Waals surface area (Å²) in [5.41, 5.74) is 0.477. The molecule has 0 bridgehead atoms. The summed E-state index contributed by atoms with van der Waals surface area (Å²) in [6, 6.07) is 10.1. The number of aromatic carboxylic acids is 1. The van der Waals surface area contributed by atoms with Crippen LogP contribution in [-0.4, -0.2) is 38.3 Å². The number of halogens is 3. The maximum absolute atomic E-state index is 12.4. The quantitative estimate of drug-likeness (QED) is 0.409. The van der Waals surface area contributed by atoms with Crippen molar-refractivity contribution in [2.24, 2.45) is 0 Å². The predicted molar refractivity (Wildman–Crippen MR) is 114 cm³/mol. The van der Waals surface area contributed by atoms with Crippen molar-refractivity contribution in [3.63, 3.8) is 0 Å². The number of rotatable bonds is 6. The highest BCUT2D eigenvalue weighted by Gasteiger charge is 2.31. The molecule has 1 N–H and O–H groups in total. The Labute approximate surface area is 194 Å². The summed E-state index contributed by atoms with van der Waals surface area (Å²) in [6.07, 6.45) is -2.27. The number of hydrogen-bond acceptors (Lipinski definition) is 6. The number of carboxylic acid groups (broad SMARTS) is 1. The molecule has 0 radical (unpaired) electrons. The van der Waals surface area contributed by atoms with Gasteiger partial charge in [0.2, 0.25) is 0 Å². The minimum atomic E-state index is -4.84. The Morgan fingerprint density at radius 2 is 1.85 bits per heavy atom. The molecule has 3 rings (SSSR count). The molecular weight excluding hydrogens is 477 g/mol. The van der Waals surface area contributed by atoms with Crippen LogP contribution in [0.1, 0.15) is 21.5 Å². The standard InChI is InChI=1S/C22H15F3N2O6S/c1-32-20-11-16(21(28)29)7-8-19(20)27(34(30)31)17-9-15(12-26-13-17)6-5-14-3-2-4-18(10-14)33-22(23,24)25/h2-4,7-13H,1H3,(H,28,29)(H,30,31)/p-1.